The molecule has 1 aromatic rings. The molecule has 0 amide bonds. The van der Waals surface area contributed by atoms with E-state index in [2.05, 4.69) is 45.0 Å². The molecule has 0 aliphatic heterocycles. The van der Waals surface area contributed by atoms with E-state index in [4.69, 9.17) is 0 Å². The molecule has 0 saturated carbocycles. The molecule has 1 N–H and O–H groups in total. The van der Waals surface area contributed by atoms with E-state index in [9.17, 15) is 0 Å². The molecule has 16 heavy (non-hydrogen) atoms. The zero-order chi connectivity index (χ0) is 12.2. The standard InChI is InChI=1S/C13H25N3/c1-11(15-12(2)13(3,4)5)7-10-16-9-6-8-14-16/h6,8-9,11-12,15H,7,10H2,1-5H3. The Kier molecular flexibility index (Phi) is 4.54. The molecule has 0 radical (unpaired) electrons. The molecule has 1 heterocycles. The van der Waals surface area contributed by atoms with Crippen LogP contribution in [0.15, 0.2) is 18.5 Å². The van der Waals surface area contributed by atoms with Gasteiger partial charge in [0.25, 0.3) is 0 Å². The molecule has 0 aliphatic rings. The van der Waals surface area contributed by atoms with Crippen molar-refractivity contribution in [3.05, 3.63) is 18.5 Å². The fraction of sp³-hybridized carbons (Fsp3) is 0.769. The van der Waals surface area contributed by atoms with Gasteiger partial charge in [-0.15, -0.1) is 0 Å². The van der Waals surface area contributed by atoms with E-state index in [1.54, 1.807) is 0 Å². The summed E-state index contributed by atoms with van der Waals surface area (Å²) in [6, 6.07) is 3.02. The van der Waals surface area contributed by atoms with Gasteiger partial charge in [-0.05, 0) is 31.7 Å². The summed E-state index contributed by atoms with van der Waals surface area (Å²) in [6.07, 6.45) is 4.96. The second kappa shape index (κ2) is 5.48. The van der Waals surface area contributed by atoms with E-state index in [0.717, 1.165) is 13.0 Å². The van der Waals surface area contributed by atoms with Crippen LogP contribution in [0.2, 0.25) is 0 Å². The van der Waals surface area contributed by atoms with Gasteiger partial charge in [-0.25, -0.2) is 0 Å². The highest BCUT2D eigenvalue weighted by molar-refractivity contribution is 4.80. The van der Waals surface area contributed by atoms with Crippen molar-refractivity contribution in [3.63, 3.8) is 0 Å². The Morgan fingerprint density at radius 2 is 2.00 bits per heavy atom. The molecule has 0 fully saturated rings. The fourth-order valence-corrected chi connectivity index (χ4v) is 1.52. The second-order valence-corrected chi connectivity index (χ2v) is 5.71. The Labute approximate surface area is 99.2 Å². The molecule has 2 atom stereocenters. The van der Waals surface area contributed by atoms with Crippen LogP contribution in [0.1, 0.15) is 41.0 Å². The first kappa shape index (κ1) is 13.2. The lowest BCUT2D eigenvalue weighted by molar-refractivity contribution is 0.259. The lowest BCUT2D eigenvalue weighted by atomic mass is 9.87. The van der Waals surface area contributed by atoms with Crippen molar-refractivity contribution in [2.24, 2.45) is 5.41 Å². The number of aryl methyl sites for hydroxylation is 1. The maximum absolute atomic E-state index is 4.20. The lowest BCUT2D eigenvalue weighted by Gasteiger charge is -2.31. The summed E-state index contributed by atoms with van der Waals surface area (Å²) in [4.78, 5) is 0. The Hall–Kier alpha value is -0.830. The van der Waals surface area contributed by atoms with Crippen molar-refractivity contribution in [1.29, 1.82) is 0 Å². The number of nitrogens with one attached hydrogen (secondary N) is 1. The fourth-order valence-electron chi connectivity index (χ4n) is 1.52. The van der Waals surface area contributed by atoms with Crippen molar-refractivity contribution in [1.82, 2.24) is 15.1 Å². The predicted molar refractivity (Wildman–Crippen MR) is 68.4 cm³/mol. The summed E-state index contributed by atoms with van der Waals surface area (Å²) in [5.41, 5.74) is 0.319. The van der Waals surface area contributed by atoms with E-state index in [-0.39, 0.29) is 0 Å². The topological polar surface area (TPSA) is 29.9 Å². The Morgan fingerprint density at radius 1 is 1.31 bits per heavy atom. The van der Waals surface area contributed by atoms with Crippen LogP contribution in [-0.2, 0) is 6.54 Å². The maximum Gasteiger partial charge on any atom is 0.0489 e. The Balaban J connectivity index is 2.28. The van der Waals surface area contributed by atoms with Gasteiger partial charge < -0.3 is 5.32 Å². The summed E-state index contributed by atoms with van der Waals surface area (Å²) < 4.78 is 1.99. The molecule has 0 aromatic carbocycles. The van der Waals surface area contributed by atoms with E-state index in [1.165, 1.54) is 0 Å². The highest BCUT2D eigenvalue weighted by Gasteiger charge is 2.20. The van der Waals surface area contributed by atoms with Crippen molar-refractivity contribution in [3.8, 4) is 0 Å². The van der Waals surface area contributed by atoms with Gasteiger partial charge in [0.15, 0.2) is 0 Å². The molecule has 0 saturated heterocycles. The smallest absolute Gasteiger partial charge is 0.0489 e. The predicted octanol–water partition coefficient (Wildman–Crippen LogP) is 2.69. The minimum absolute atomic E-state index is 0.319. The van der Waals surface area contributed by atoms with Gasteiger partial charge in [-0.2, -0.15) is 5.10 Å². The van der Waals surface area contributed by atoms with Gasteiger partial charge in [0.1, 0.15) is 0 Å². The van der Waals surface area contributed by atoms with Crippen LogP contribution >= 0.6 is 0 Å². The van der Waals surface area contributed by atoms with Crippen molar-refractivity contribution < 1.29 is 0 Å². The molecule has 0 bridgehead atoms. The van der Waals surface area contributed by atoms with Crippen LogP contribution in [-0.4, -0.2) is 21.9 Å². The highest BCUT2D eigenvalue weighted by Crippen LogP contribution is 2.19. The Morgan fingerprint density at radius 3 is 2.50 bits per heavy atom. The SMILES string of the molecule is CC(CCn1cccn1)NC(C)C(C)(C)C. The minimum atomic E-state index is 0.319. The first-order valence-electron chi connectivity index (χ1n) is 6.13. The van der Waals surface area contributed by atoms with E-state index < -0.39 is 0 Å². The number of nitrogens with zero attached hydrogens (tertiary/aromatic N) is 2. The van der Waals surface area contributed by atoms with E-state index in [1.807, 2.05) is 23.1 Å². The molecule has 1 rings (SSSR count). The molecule has 0 spiro atoms. The van der Waals surface area contributed by atoms with Crippen LogP contribution in [0.3, 0.4) is 0 Å². The molecule has 92 valence electrons. The first-order chi connectivity index (χ1) is 7.39. The number of rotatable bonds is 5. The molecule has 1 aromatic heterocycles. The lowest BCUT2D eigenvalue weighted by Crippen LogP contribution is -2.43. The van der Waals surface area contributed by atoms with Gasteiger partial charge in [0.05, 0.1) is 0 Å². The third kappa shape index (κ3) is 4.35. The van der Waals surface area contributed by atoms with E-state index >= 15 is 0 Å². The average Bonchev–Trinajstić information content (AvgIpc) is 2.65. The molecule has 3 heteroatoms. The summed E-state index contributed by atoms with van der Waals surface area (Å²) in [6.45, 7) is 12.3. The summed E-state index contributed by atoms with van der Waals surface area (Å²) >= 11 is 0. The van der Waals surface area contributed by atoms with Crippen molar-refractivity contribution in [2.75, 3.05) is 0 Å². The van der Waals surface area contributed by atoms with Crippen molar-refractivity contribution in [2.45, 2.75) is 59.7 Å². The third-order valence-electron chi connectivity index (χ3n) is 3.18. The summed E-state index contributed by atoms with van der Waals surface area (Å²) in [5, 5.41) is 7.85. The van der Waals surface area contributed by atoms with Gasteiger partial charge in [0, 0.05) is 31.0 Å². The molecular weight excluding hydrogens is 198 g/mol. The normalized spacial score (nSPS) is 16.1. The molecule has 2 unspecified atom stereocenters. The van der Waals surface area contributed by atoms with Gasteiger partial charge in [-0.3, -0.25) is 4.68 Å². The number of hydrogen-bond acceptors (Lipinski definition) is 2. The van der Waals surface area contributed by atoms with Gasteiger partial charge >= 0.3 is 0 Å². The van der Waals surface area contributed by atoms with Crippen LogP contribution in [0.5, 0.6) is 0 Å². The summed E-state index contributed by atoms with van der Waals surface area (Å²) in [5.74, 6) is 0. The highest BCUT2D eigenvalue weighted by atomic mass is 15.3. The van der Waals surface area contributed by atoms with Crippen molar-refractivity contribution >= 4 is 0 Å². The van der Waals surface area contributed by atoms with Crippen LogP contribution in [0.4, 0.5) is 0 Å². The molecule has 0 aliphatic carbocycles. The zero-order valence-corrected chi connectivity index (χ0v) is 11.2. The third-order valence-corrected chi connectivity index (χ3v) is 3.18. The maximum atomic E-state index is 4.20. The van der Waals surface area contributed by atoms with Crippen LogP contribution < -0.4 is 5.32 Å². The van der Waals surface area contributed by atoms with Crippen LogP contribution in [0.25, 0.3) is 0 Å². The Bertz CT molecular complexity index is 285. The first-order valence-corrected chi connectivity index (χ1v) is 6.13. The van der Waals surface area contributed by atoms with Gasteiger partial charge in [0.2, 0.25) is 0 Å². The monoisotopic (exact) mass is 223 g/mol. The van der Waals surface area contributed by atoms with Crippen LogP contribution in [0, 0.1) is 5.41 Å². The largest absolute Gasteiger partial charge is 0.311 e. The number of hydrogen-bond donors (Lipinski definition) is 1. The molecule has 3 nitrogen and oxygen atoms in total. The second-order valence-electron chi connectivity index (χ2n) is 5.71. The molecular formula is C13H25N3. The van der Waals surface area contributed by atoms with Gasteiger partial charge in [-0.1, -0.05) is 20.8 Å². The quantitative estimate of drug-likeness (QED) is 0.831. The zero-order valence-electron chi connectivity index (χ0n) is 11.2. The average molecular weight is 223 g/mol. The minimum Gasteiger partial charge on any atom is -0.311 e. The van der Waals surface area contributed by atoms with E-state index in [0.29, 0.717) is 17.5 Å². The summed E-state index contributed by atoms with van der Waals surface area (Å²) in [7, 11) is 0. The number of aromatic nitrogens is 2.